The number of rotatable bonds is 4. The zero-order valence-corrected chi connectivity index (χ0v) is 17.1. The smallest absolute Gasteiger partial charge is 0.223 e. The predicted octanol–water partition coefficient (Wildman–Crippen LogP) is 4.19. The van der Waals surface area contributed by atoms with Gasteiger partial charge in [-0.25, -0.2) is 15.0 Å². The van der Waals surface area contributed by atoms with Crippen molar-refractivity contribution in [3.8, 4) is 22.5 Å². The lowest BCUT2D eigenvalue weighted by Crippen LogP contribution is -2.33. The highest BCUT2D eigenvalue weighted by Gasteiger charge is 2.20. The third-order valence-corrected chi connectivity index (χ3v) is 5.88. The van der Waals surface area contributed by atoms with Crippen molar-refractivity contribution < 1.29 is 0 Å². The van der Waals surface area contributed by atoms with Crippen LogP contribution < -0.4 is 11.1 Å². The van der Waals surface area contributed by atoms with Gasteiger partial charge in [-0.15, -0.1) is 0 Å². The van der Waals surface area contributed by atoms with Gasteiger partial charge in [-0.2, -0.15) is 0 Å². The quantitative estimate of drug-likeness (QED) is 0.515. The maximum absolute atomic E-state index is 6.46. The Labute approximate surface area is 179 Å². The van der Waals surface area contributed by atoms with Crippen LogP contribution >= 0.6 is 11.6 Å². The molecule has 0 radical (unpaired) electrons. The summed E-state index contributed by atoms with van der Waals surface area (Å²) in [7, 11) is 0. The SMILES string of the molecule is N[C@H]1CC[C@H](Nc2ncc(Cl)c(-c3cnc4cc(-c5cccnc5)ccn34)n2)CC1. The van der Waals surface area contributed by atoms with E-state index in [0.717, 1.165) is 48.2 Å². The molecule has 0 saturated heterocycles. The van der Waals surface area contributed by atoms with Gasteiger partial charge in [0.05, 0.1) is 23.1 Å². The first kappa shape index (κ1) is 19.0. The van der Waals surface area contributed by atoms with Crippen LogP contribution in [0, 0.1) is 0 Å². The Balaban J connectivity index is 1.46. The Morgan fingerprint density at radius 2 is 1.90 bits per heavy atom. The van der Waals surface area contributed by atoms with Crippen molar-refractivity contribution in [2.24, 2.45) is 5.73 Å². The number of nitrogens with zero attached hydrogens (tertiary/aromatic N) is 5. The Kier molecular flexibility index (Phi) is 5.06. The molecule has 4 aromatic heterocycles. The van der Waals surface area contributed by atoms with E-state index in [1.807, 2.05) is 41.1 Å². The molecule has 4 heterocycles. The average Bonchev–Trinajstić information content (AvgIpc) is 3.20. The Morgan fingerprint density at radius 1 is 1.03 bits per heavy atom. The van der Waals surface area contributed by atoms with Gasteiger partial charge in [0.15, 0.2) is 0 Å². The summed E-state index contributed by atoms with van der Waals surface area (Å²) in [6.07, 6.45) is 13.1. The van der Waals surface area contributed by atoms with Gasteiger partial charge in [-0.1, -0.05) is 17.7 Å². The number of pyridine rings is 2. The lowest BCUT2D eigenvalue weighted by Gasteiger charge is -2.26. The van der Waals surface area contributed by atoms with Gasteiger partial charge < -0.3 is 11.1 Å². The molecule has 0 bridgehead atoms. The zero-order valence-electron chi connectivity index (χ0n) is 16.4. The molecule has 0 amide bonds. The minimum Gasteiger partial charge on any atom is -0.351 e. The predicted molar refractivity (Wildman–Crippen MR) is 118 cm³/mol. The summed E-state index contributed by atoms with van der Waals surface area (Å²) in [5.74, 6) is 0.580. The molecule has 152 valence electrons. The number of anilines is 1. The highest BCUT2D eigenvalue weighted by atomic mass is 35.5. The Bertz CT molecular complexity index is 1170. The molecule has 7 nitrogen and oxygen atoms in total. The van der Waals surface area contributed by atoms with Gasteiger partial charge in [-0.3, -0.25) is 9.38 Å². The van der Waals surface area contributed by atoms with Crippen molar-refractivity contribution in [1.82, 2.24) is 24.3 Å². The average molecular weight is 420 g/mol. The van der Waals surface area contributed by atoms with Crippen LogP contribution in [0.15, 0.2) is 55.2 Å². The molecule has 8 heteroatoms. The van der Waals surface area contributed by atoms with E-state index >= 15 is 0 Å². The van der Waals surface area contributed by atoms with Gasteiger partial charge in [0.2, 0.25) is 5.95 Å². The molecule has 1 saturated carbocycles. The molecular formula is C22H22ClN7. The summed E-state index contributed by atoms with van der Waals surface area (Å²) in [6.45, 7) is 0. The largest absolute Gasteiger partial charge is 0.351 e. The minimum atomic E-state index is 0.305. The molecule has 3 N–H and O–H groups in total. The number of hydrogen-bond donors (Lipinski definition) is 2. The third kappa shape index (κ3) is 3.74. The van der Waals surface area contributed by atoms with Gasteiger partial charge in [-0.05, 0) is 49.4 Å². The van der Waals surface area contributed by atoms with Crippen LogP contribution in [-0.2, 0) is 0 Å². The van der Waals surface area contributed by atoms with Crippen LogP contribution in [-0.4, -0.2) is 36.4 Å². The van der Waals surface area contributed by atoms with Gasteiger partial charge in [0.25, 0.3) is 0 Å². The van der Waals surface area contributed by atoms with Crippen LogP contribution in [0.2, 0.25) is 5.02 Å². The lowest BCUT2D eigenvalue weighted by atomic mass is 9.92. The maximum Gasteiger partial charge on any atom is 0.223 e. The molecule has 0 aromatic carbocycles. The number of imidazole rings is 1. The number of nitrogens with one attached hydrogen (secondary N) is 1. The van der Waals surface area contributed by atoms with E-state index in [2.05, 4.69) is 20.3 Å². The summed E-state index contributed by atoms with van der Waals surface area (Å²) >= 11 is 6.46. The summed E-state index contributed by atoms with van der Waals surface area (Å²) in [4.78, 5) is 17.8. The fourth-order valence-electron chi connectivity index (χ4n) is 3.93. The molecule has 5 rings (SSSR count). The second-order valence-corrected chi connectivity index (χ2v) is 8.08. The van der Waals surface area contributed by atoms with Gasteiger partial charge >= 0.3 is 0 Å². The molecule has 1 aliphatic rings. The van der Waals surface area contributed by atoms with Gasteiger partial charge in [0, 0.05) is 36.2 Å². The number of halogens is 1. The van der Waals surface area contributed by atoms with Crippen LogP contribution in [0.4, 0.5) is 5.95 Å². The minimum absolute atomic E-state index is 0.305. The van der Waals surface area contributed by atoms with Crippen LogP contribution in [0.3, 0.4) is 0 Å². The molecule has 1 aliphatic carbocycles. The Hall–Kier alpha value is -3.03. The monoisotopic (exact) mass is 419 g/mol. The van der Waals surface area contributed by atoms with E-state index in [1.54, 1.807) is 18.6 Å². The number of aromatic nitrogens is 5. The molecule has 0 unspecified atom stereocenters. The van der Waals surface area contributed by atoms with E-state index < -0.39 is 0 Å². The van der Waals surface area contributed by atoms with Gasteiger partial charge in [0.1, 0.15) is 11.3 Å². The number of nitrogens with two attached hydrogens (primary N) is 1. The highest BCUT2D eigenvalue weighted by molar-refractivity contribution is 6.32. The van der Waals surface area contributed by atoms with Crippen molar-refractivity contribution in [2.75, 3.05) is 5.32 Å². The van der Waals surface area contributed by atoms with E-state index in [0.29, 0.717) is 28.7 Å². The van der Waals surface area contributed by atoms with Crippen molar-refractivity contribution in [3.63, 3.8) is 0 Å². The first-order valence-corrected chi connectivity index (χ1v) is 10.5. The van der Waals surface area contributed by atoms with E-state index in [4.69, 9.17) is 22.3 Å². The summed E-state index contributed by atoms with van der Waals surface area (Å²) in [5.41, 5.74) is 10.4. The van der Waals surface area contributed by atoms with Crippen LogP contribution in [0.25, 0.3) is 28.2 Å². The third-order valence-electron chi connectivity index (χ3n) is 5.60. The van der Waals surface area contributed by atoms with E-state index in [9.17, 15) is 0 Å². The zero-order chi connectivity index (χ0) is 20.5. The summed E-state index contributed by atoms with van der Waals surface area (Å²) < 4.78 is 1.98. The molecule has 0 atom stereocenters. The highest BCUT2D eigenvalue weighted by Crippen LogP contribution is 2.29. The van der Waals surface area contributed by atoms with E-state index in [1.165, 1.54) is 0 Å². The molecule has 0 aliphatic heterocycles. The fraction of sp³-hybridized carbons (Fsp3) is 0.273. The second-order valence-electron chi connectivity index (χ2n) is 7.67. The molecule has 4 aromatic rings. The van der Waals surface area contributed by atoms with E-state index in [-0.39, 0.29) is 0 Å². The molecule has 30 heavy (non-hydrogen) atoms. The standard InChI is InChI=1S/C22H22ClN7/c23-18-12-27-22(28-17-5-3-16(24)4-6-17)29-21(18)19-13-26-20-10-14(7-9-30(19)20)15-2-1-8-25-11-15/h1-2,7-13,16-17H,3-6,24H2,(H,27,28,29)/t16-,17-. The molecular weight excluding hydrogens is 398 g/mol. The van der Waals surface area contributed by atoms with Crippen molar-refractivity contribution >= 4 is 23.2 Å². The maximum atomic E-state index is 6.46. The second kappa shape index (κ2) is 8.01. The lowest BCUT2D eigenvalue weighted by molar-refractivity contribution is 0.410. The molecule has 0 spiro atoms. The topological polar surface area (TPSA) is 94.0 Å². The fourth-order valence-corrected chi connectivity index (χ4v) is 4.12. The van der Waals surface area contributed by atoms with Crippen LogP contribution in [0.1, 0.15) is 25.7 Å². The Morgan fingerprint density at radius 3 is 2.70 bits per heavy atom. The van der Waals surface area contributed by atoms with Crippen molar-refractivity contribution in [3.05, 3.63) is 60.3 Å². The first-order chi connectivity index (χ1) is 14.7. The summed E-state index contributed by atoms with van der Waals surface area (Å²) in [5, 5.41) is 3.93. The van der Waals surface area contributed by atoms with Crippen molar-refractivity contribution in [1.29, 1.82) is 0 Å². The normalized spacial score (nSPS) is 19.1. The molecule has 1 fully saturated rings. The van der Waals surface area contributed by atoms with Crippen LogP contribution in [0.5, 0.6) is 0 Å². The van der Waals surface area contributed by atoms with Crippen molar-refractivity contribution in [2.45, 2.75) is 37.8 Å². The first-order valence-electron chi connectivity index (χ1n) is 10.1. The summed E-state index contributed by atoms with van der Waals surface area (Å²) in [6, 6.07) is 8.66. The number of hydrogen-bond acceptors (Lipinski definition) is 6. The number of fused-ring (bicyclic) bond motifs is 1.